The number of nitrogens with two attached hydrogens (primary N) is 1. The molecule has 0 bridgehead atoms. The first kappa shape index (κ1) is 11.4. The summed E-state index contributed by atoms with van der Waals surface area (Å²) in [6.07, 6.45) is 8.73. The Morgan fingerprint density at radius 2 is 2.11 bits per heavy atom. The van der Waals surface area contributed by atoms with Crippen LogP contribution in [0.15, 0.2) is 12.7 Å². The van der Waals surface area contributed by atoms with Crippen molar-refractivity contribution in [2.24, 2.45) is 11.8 Å². The second kappa shape index (κ2) is 4.55. The van der Waals surface area contributed by atoms with E-state index in [-0.39, 0.29) is 0 Å². The van der Waals surface area contributed by atoms with Crippen molar-refractivity contribution in [3.63, 3.8) is 0 Å². The van der Waals surface area contributed by atoms with Gasteiger partial charge in [-0.05, 0) is 18.3 Å². The predicted octanol–water partition coefficient (Wildman–Crippen LogP) is 2.23. The summed E-state index contributed by atoms with van der Waals surface area (Å²) in [7, 11) is 0. The molecule has 2 aromatic rings. The highest BCUT2D eigenvalue weighted by Crippen LogP contribution is 2.31. The number of fused-ring (bicyclic) bond motifs is 1. The molecular weight excluding hydrogens is 226 g/mol. The van der Waals surface area contributed by atoms with Gasteiger partial charge in [0.2, 0.25) is 0 Å². The van der Waals surface area contributed by atoms with Crippen molar-refractivity contribution in [3.8, 4) is 0 Å². The van der Waals surface area contributed by atoms with Crippen LogP contribution in [0, 0.1) is 11.8 Å². The van der Waals surface area contributed by atoms with Crippen molar-refractivity contribution in [3.05, 3.63) is 12.7 Å². The van der Waals surface area contributed by atoms with Crippen LogP contribution in [0.4, 0.5) is 5.82 Å². The first-order valence-corrected chi connectivity index (χ1v) is 6.67. The standard InChI is InChI=1S/C13H19N5/c1-9-4-2-3-5-10(9)6-18-8-17-11-12(14)15-7-16-13(11)18/h7-10H,2-6H2,1H3,(H2,14,15,16). The highest BCUT2D eigenvalue weighted by molar-refractivity contribution is 5.81. The van der Waals surface area contributed by atoms with Gasteiger partial charge in [-0.3, -0.25) is 0 Å². The van der Waals surface area contributed by atoms with Crippen LogP contribution in [0.2, 0.25) is 0 Å². The maximum Gasteiger partial charge on any atom is 0.165 e. The van der Waals surface area contributed by atoms with Gasteiger partial charge in [-0.1, -0.05) is 26.2 Å². The summed E-state index contributed by atoms with van der Waals surface area (Å²) in [6.45, 7) is 3.35. The molecule has 0 amide bonds. The molecule has 1 fully saturated rings. The molecule has 0 saturated heterocycles. The number of rotatable bonds is 2. The molecule has 1 aliphatic carbocycles. The summed E-state index contributed by atoms with van der Waals surface area (Å²) in [6, 6.07) is 0. The van der Waals surface area contributed by atoms with E-state index in [1.807, 2.05) is 6.33 Å². The van der Waals surface area contributed by atoms with Crippen LogP contribution in [0.1, 0.15) is 32.6 Å². The molecule has 5 nitrogen and oxygen atoms in total. The van der Waals surface area contributed by atoms with Gasteiger partial charge in [0, 0.05) is 6.54 Å². The fraction of sp³-hybridized carbons (Fsp3) is 0.615. The summed E-state index contributed by atoms with van der Waals surface area (Å²) in [5.74, 6) is 1.98. The largest absolute Gasteiger partial charge is 0.382 e. The van der Waals surface area contributed by atoms with E-state index in [2.05, 4.69) is 26.4 Å². The molecule has 0 spiro atoms. The van der Waals surface area contributed by atoms with Gasteiger partial charge in [0.1, 0.15) is 11.8 Å². The van der Waals surface area contributed by atoms with Gasteiger partial charge in [-0.25, -0.2) is 15.0 Å². The third-order valence-electron chi connectivity index (χ3n) is 4.15. The van der Waals surface area contributed by atoms with Crippen molar-refractivity contribution in [2.45, 2.75) is 39.2 Å². The monoisotopic (exact) mass is 245 g/mol. The van der Waals surface area contributed by atoms with Gasteiger partial charge < -0.3 is 10.3 Å². The van der Waals surface area contributed by atoms with E-state index in [9.17, 15) is 0 Å². The first-order chi connectivity index (χ1) is 8.75. The van der Waals surface area contributed by atoms with Crippen molar-refractivity contribution in [1.82, 2.24) is 19.5 Å². The normalized spacial score (nSPS) is 24.5. The highest BCUT2D eigenvalue weighted by atomic mass is 15.1. The molecule has 2 atom stereocenters. The quantitative estimate of drug-likeness (QED) is 0.880. The molecular formula is C13H19N5. The molecule has 3 rings (SSSR count). The van der Waals surface area contributed by atoms with Crippen LogP contribution in [0.5, 0.6) is 0 Å². The molecule has 96 valence electrons. The lowest BCUT2D eigenvalue weighted by Gasteiger charge is -2.28. The van der Waals surface area contributed by atoms with Gasteiger partial charge in [0.15, 0.2) is 11.5 Å². The summed E-state index contributed by atoms with van der Waals surface area (Å²) in [5.41, 5.74) is 7.39. The number of hydrogen-bond donors (Lipinski definition) is 1. The highest BCUT2D eigenvalue weighted by Gasteiger charge is 2.22. The minimum Gasteiger partial charge on any atom is -0.382 e. The third kappa shape index (κ3) is 1.94. The average Bonchev–Trinajstić information content (AvgIpc) is 2.77. The summed E-state index contributed by atoms with van der Waals surface area (Å²) < 4.78 is 2.12. The van der Waals surface area contributed by atoms with E-state index in [1.165, 1.54) is 32.0 Å². The molecule has 5 heteroatoms. The fourth-order valence-corrected chi connectivity index (χ4v) is 2.95. The lowest BCUT2D eigenvalue weighted by molar-refractivity contribution is 0.230. The van der Waals surface area contributed by atoms with Crippen LogP contribution in [-0.4, -0.2) is 19.5 Å². The smallest absolute Gasteiger partial charge is 0.165 e. The average molecular weight is 245 g/mol. The van der Waals surface area contributed by atoms with Crippen molar-refractivity contribution < 1.29 is 0 Å². The zero-order chi connectivity index (χ0) is 12.5. The summed E-state index contributed by atoms with van der Waals surface area (Å²) in [5, 5.41) is 0. The molecule has 1 saturated carbocycles. The first-order valence-electron chi connectivity index (χ1n) is 6.67. The molecule has 18 heavy (non-hydrogen) atoms. The van der Waals surface area contributed by atoms with Crippen molar-refractivity contribution >= 4 is 17.0 Å². The maximum absolute atomic E-state index is 5.80. The second-order valence-electron chi connectivity index (χ2n) is 5.35. The molecule has 0 aliphatic heterocycles. The van der Waals surface area contributed by atoms with Crippen LogP contribution in [-0.2, 0) is 6.54 Å². The Hall–Kier alpha value is -1.65. The molecule has 0 radical (unpaired) electrons. The van der Waals surface area contributed by atoms with Gasteiger partial charge in [0.25, 0.3) is 0 Å². The topological polar surface area (TPSA) is 69.6 Å². The Balaban J connectivity index is 1.88. The molecule has 0 aromatic carbocycles. The molecule has 2 heterocycles. The van der Waals surface area contributed by atoms with Crippen LogP contribution < -0.4 is 5.73 Å². The Morgan fingerprint density at radius 3 is 2.94 bits per heavy atom. The van der Waals surface area contributed by atoms with Crippen molar-refractivity contribution in [2.75, 3.05) is 5.73 Å². The lowest BCUT2D eigenvalue weighted by atomic mass is 9.80. The van der Waals surface area contributed by atoms with Crippen molar-refractivity contribution in [1.29, 1.82) is 0 Å². The maximum atomic E-state index is 5.80. The Bertz CT molecular complexity index is 547. The van der Waals surface area contributed by atoms with E-state index in [4.69, 9.17) is 5.73 Å². The molecule has 1 aliphatic rings. The number of aromatic nitrogens is 4. The predicted molar refractivity (Wildman–Crippen MR) is 70.9 cm³/mol. The van der Waals surface area contributed by atoms with Gasteiger partial charge in [-0.15, -0.1) is 0 Å². The number of imidazole rings is 1. The van der Waals surface area contributed by atoms with E-state index in [0.717, 1.165) is 29.5 Å². The fourth-order valence-electron chi connectivity index (χ4n) is 2.95. The van der Waals surface area contributed by atoms with Crippen LogP contribution in [0.25, 0.3) is 11.2 Å². The van der Waals surface area contributed by atoms with Gasteiger partial charge >= 0.3 is 0 Å². The molecule has 2 N–H and O–H groups in total. The van der Waals surface area contributed by atoms with Crippen LogP contribution >= 0.6 is 0 Å². The SMILES string of the molecule is CC1CCCCC1Cn1cnc2c(N)ncnc21. The van der Waals surface area contributed by atoms with Crippen LogP contribution in [0.3, 0.4) is 0 Å². The summed E-state index contributed by atoms with van der Waals surface area (Å²) in [4.78, 5) is 12.6. The van der Waals surface area contributed by atoms with E-state index in [1.54, 1.807) is 0 Å². The third-order valence-corrected chi connectivity index (χ3v) is 4.15. The Labute approximate surface area is 106 Å². The minimum absolute atomic E-state index is 0.468. The Morgan fingerprint density at radius 1 is 1.28 bits per heavy atom. The van der Waals surface area contributed by atoms with E-state index in [0.29, 0.717) is 5.82 Å². The number of nitrogen functional groups attached to an aromatic ring is 1. The molecule has 2 aromatic heterocycles. The zero-order valence-corrected chi connectivity index (χ0v) is 10.7. The van der Waals surface area contributed by atoms with E-state index < -0.39 is 0 Å². The van der Waals surface area contributed by atoms with Gasteiger partial charge in [-0.2, -0.15) is 0 Å². The molecule has 2 unspecified atom stereocenters. The van der Waals surface area contributed by atoms with E-state index >= 15 is 0 Å². The zero-order valence-electron chi connectivity index (χ0n) is 10.7. The number of hydrogen-bond acceptors (Lipinski definition) is 4. The number of nitrogens with zero attached hydrogens (tertiary/aromatic N) is 4. The van der Waals surface area contributed by atoms with Gasteiger partial charge in [0.05, 0.1) is 6.33 Å². The lowest BCUT2D eigenvalue weighted by Crippen LogP contribution is -2.21. The second-order valence-corrected chi connectivity index (χ2v) is 5.35. The number of anilines is 1. The minimum atomic E-state index is 0.468. The Kier molecular flexibility index (Phi) is 2.89. The summed E-state index contributed by atoms with van der Waals surface area (Å²) >= 11 is 0.